The molecule has 10 heteroatoms. The molecule has 0 heterocycles. The van der Waals surface area contributed by atoms with E-state index in [0.717, 1.165) is 0 Å². The van der Waals surface area contributed by atoms with Crippen LogP contribution in [0.15, 0.2) is 24.3 Å². The Morgan fingerprint density at radius 2 is 2.05 bits per heavy atom. The minimum atomic E-state index is -4.03. The second kappa shape index (κ2) is 6.22. The third-order valence-corrected chi connectivity index (χ3v) is 2.98. The number of carboxylic acids is 1. The number of aliphatic carboxylic acids is 1. The monoisotopic (exact) mass is 290 g/mol. The molecule has 1 aromatic rings. The molecular weight excluding hydrogens is 280 g/mol. The van der Waals surface area contributed by atoms with E-state index in [1.165, 1.54) is 24.3 Å². The lowest BCUT2D eigenvalue weighted by Crippen LogP contribution is -2.28. The summed E-state index contributed by atoms with van der Waals surface area (Å²) in [5.74, 6) is -2.04. The van der Waals surface area contributed by atoms with E-state index in [-0.39, 0.29) is 11.3 Å². The van der Waals surface area contributed by atoms with E-state index < -0.39 is 33.3 Å². The molecule has 1 rings (SSSR count). The minimum absolute atomic E-state index is 0.0288. The van der Waals surface area contributed by atoms with Gasteiger partial charge in [0.05, 0.1) is 10.7 Å². The van der Waals surface area contributed by atoms with Crippen molar-refractivity contribution in [2.24, 2.45) is 0 Å². The summed E-state index contributed by atoms with van der Waals surface area (Å²) in [6.07, 6.45) is 0. The van der Waals surface area contributed by atoms with Crippen LogP contribution in [0.5, 0.6) is 0 Å². The molecule has 0 radical (unpaired) electrons. The van der Waals surface area contributed by atoms with Crippen LogP contribution in [0.3, 0.4) is 0 Å². The highest BCUT2D eigenvalue weighted by atomic mass is 32.2. The highest BCUT2D eigenvalue weighted by Gasteiger charge is 2.20. The Hall–Kier alpha value is -2.04. The minimum Gasteiger partial charge on any atom is -0.479 e. The van der Waals surface area contributed by atoms with Gasteiger partial charge in [0.15, 0.2) is 6.61 Å². The normalized spacial score (nSPS) is 11.2. The first-order valence-corrected chi connectivity index (χ1v) is 6.52. The summed E-state index contributed by atoms with van der Waals surface area (Å²) in [7, 11) is -4.03. The van der Waals surface area contributed by atoms with Gasteiger partial charge in [0.1, 0.15) is 0 Å². The Morgan fingerprint density at radius 3 is 2.63 bits per heavy atom. The lowest BCUT2D eigenvalue weighted by atomic mass is 10.2. The molecule has 19 heavy (non-hydrogen) atoms. The van der Waals surface area contributed by atoms with Gasteiger partial charge in [-0.3, -0.25) is 15.0 Å². The smallest absolute Gasteiger partial charge is 0.331 e. The standard InChI is InChI=1S/C9H10N2O7S/c12-9(13)5-18-10-19(16,17)6-7-3-1-2-4-8(7)11(14)15/h1-4,10H,5-6H2,(H,12,13). The second-order valence-corrected chi connectivity index (χ2v) is 5.10. The molecule has 0 amide bonds. The van der Waals surface area contributed by atoms with Crippen molar-refractivity contribution in [3.8, 4) is 0 Å². The summed E-state index contributed by atoms with van der Waals surface area (Å²) < 4.78 is 23.0. The van der Waals surface area contributed by atoms with Gasteiger partial charge >= 0.3 is 5.97 Å². The van der Waals surface area contributed by atoms with Crippen LogP contribution >= 0.6 is 0 Å². The average molecular weight is 290 g/mol. The highest BCUT2D eigenvalue weighted by Crippen LogP contribution is 2.19. The van der Waals surface area contributed by atoms with Gasteiger partial charge in [-0.05, 0) is 0 Å². The SMILES string of the molecule is O=C(O)CONS(=O)(=O)Cc1ccccc1[N+](=O)[O-]. The van der Waals surface area contributed by atoms with Crippen LogP contribution in [0.1, 0.15) is 5.56 Å². The zero-order valence-corrected chi connectivity index (χ0v) is 10.3. The maximum atomic E-state index is 11.5. The molecule has 0 aliphatic heterocycles. The molecule has 0 aliphatic rings. The van der Waals surface area contributed by atoms with Crippen LogP contribution in [0, 0.1) is 10.1 Å². The van der Waals surface area contributed by atoms with Crippen molar-refractivity contribution < 1.29 is 28.1 Å². The molecule has 0 saturated carbocycles. The fraction of sp³-hybridized carbons (Fsp3) is 0.222. The molecule has 2 N–H and O–H groups in total. The molecule has 1 aromatic carbocycles. The molecule has 0 bridgehead atoms. The Morgan fingerprint density at radius 1 is 1.42 bits per heavy atom. The molecule has 104 valence electrons. The topological polar surface area (TPSA) is 136 Å². The van der Waals surface area contributed by atoms with E-state index in [4.69, 9.17) is 5.11 Å². The highest BCUT2D eigenvalue weighted by molar-refractivity contribution is 7.88. The number of hydrogen-bond donors (Lipinski definition) is 2. The van der Waals surface area contributed by atoms with E-state index >= 15 is 0 Å². The first-order valence-electron chi connectivity index (χ1n) is 4.87. The molecule has 0 atom stereocenters. The first kappa shape index (κ1) is 15.0. The zero-order valence-electron chi connectivity index (χ0n) is 9.48. The van der Waals surface area contributed by atoms with Crippen LogP contribution in [0.4, 0.5) is 5.69 Å². The summed E-state index contributed by atoms with van der Waals surface area (Å²) in [6.45, 7) is -0.851. The van der Waals surface area contributed by atoms with Crippen LogP contribution in [0.25, 0.3) is 0 Å². The summed E-state index contributed by atoms with van der Waals surface area (Å²) in [6, 6.07) is 5.32. The quantitative estimate of drug-likeness (QED) is 0.534. The fourth-order valence-electron chi connectivity index (χ4n) is 1.23. The van der Waals surface area contributed by atoms with Crippen molar-refractivity contribution in [1.82, 2.24) is 4.89 Å². The largest absolute Gasteiger partial charge is 0.479 e. The summed E-state index contributed by atoms with van der Waals surface area (Å²) >= 11 is 0. The number of hydrogen-bond acceptors (Lipinski definition) is 6. The Balaban J connectivity index is 2.78. The van der Waals surface area contributed by atoms with E-state index in [9.17, 15) is 23.3 Å². The number of nitrogens with one attached hydrogen (secondary N) is 1. The van der Waals surface area contributed by atoms with E-state index in [2.05, 4.69) is 4.84 Å². The number of para-hydroxylation sites is 1. The average Bonchev–Trinajstić information content (AvgIpc) is 2.27. The van der Waals surface area contributed by atoms with Gasteiger partial charge < -0.3 is 5.11 Å². The molecular formula is C9H10N2O7S. The number of carbonyl (C=O) groups is 1. The predicted octanol–water partition coefficient (Wildman–Crippen LogP) is 0.0304. The summed E-state index contributed by atoms with van der Waals surface area (Å²) in [5.41, 5.74) is -0.370. The third-order valence-electron chi connectivity index (χ3n) is 1.92. The number of carboxylic acid groups (broad SMARTS) is 1. The Labute approximate surface area is 108 Å². The molecule has 0 spiro atoms. The third kappa shape index (κ3) is 4.99. The van der Waals surface area contributed by atoms with Gasteiger partial charge in [0, 0.05) is 11.6 Å². The Kier molecular flexibility index (Phi) is 4.92. The van der Waals surface area contributed by atoms with Crippen LogP contribution < -0.4 is 4.89 Å². The number of benzene rings is 1. The second-order valence-electron chi connectivity index (χ2n) is 3.41. The number of nitro groups is 1. The summed E-state index contributed by atoms with van der Waals surface area (Å²) in [5, 5.41) is 19.0. The van der Waals surface area contributed by atoms with Gasteiger partial charge in [0.25, 0.3) is 5.69 Å². The number of nitro benzene ring substituents is 1. The van der Waals surface area contributed by atoms with Crippen molar-refractivity contribution in [3.05, 3.63) is 39.9 Å². The number of sulfonamides is 1. The van der Waals surface area contributed by atoms with Gasteiger partial charge in [-0.25, -0.2) is 13.2 Å². The van der Waals surface area contributed by atoms with Crippen LogP contribution in [-0.4, -0.2) is 31.0 Å². The predicted molar refractivity (Wildman–Crippen MR) is 62.4 cm³/mol. The van der Waals surface area contributed by atoms with Crippen molar-refractivity contribution >= 4 is 21.7 Å². The lowest BCUT2D eigenvalue weighted by molar-refractivity contribution is -0.385. The molecule has 0 fully saturated rings. The summed E-state index contributed by atoms with van der Waals surface area (Å²) in [4.78, 5) is 25.9. The van der Waals surface area contributed by atoms with Crippen molar-refractivity contribution in [3.63, 3.8) is 0 Å². The number of nitrogens with zero attached hydrogens (tertiary/aromatic N) is 1. The zero-order chi connectivity index (χ0) is 14.5. The maximum absolute atomic E-state index is 11.5. The van der Waals surface area contributed by atoms with E-state index in [1.54, 1.807) is 4.89 Å². The Bertz CT molecular complexity index is 584. The molecule has 0 unspecified atom stereocenters. The molecule has 9 nitrogen and oxygen atoms in total. The molecule has 0 aliphatic carbocycles. The molecule has 0 aromatic heterocycles. The van der Waals surface area contributed by atoms with Crippen molar-refractivity contribution in [1.29, 1.82) is 0 Å². The lowest BCUT2D eigenvalue weighted by Gasteiger charge is -2.06. The maximum Gasteiger partial charge on any atom is 0.331 e. The van der Waals surface area contributed by atoms with Crippen LogP contribution in [0.2, 0.25) is 0 Å². The van der Waals surface area contributed by atoms with Gasteiger partial charge in [-0.2, -0.15) is 0 Å². The molecule has 0 saturated heterocycles. The van der Waals surface area contributed by atoms with Crippen molar-refractivity contribution in [2.45, 2.75) is 5.75 Å². The van der Waals surface area contributed by atoms with Gasteiger partial charge in [-0.15, -0.1) is 0 Å². The van der Waals surface area contributed by atoms with Crippen molar-refractivity contribution in [2.75, 3.05) is 6.61 Å². The van der Waals surface area contributed by atoms with Crippen LogP contribution in [-0.2, 0) is 25.4 Å². The van der Waals surface area contributed by atoms with E-state index in [0.29, 0.717) is 0 Å². The fourth-order valence-corrected chi connectivity index (χ4v) is 2.18. The van der Waals surface area contributed by atoms with E-state index in [1.807, 2.05) is 0 Å². The van der Waals surface area contributed by atoms with Gasteiger partial charge in [0.2, 0.25) is 10.0 Å². The number of rotatable bonds is 7. The first-order chi connectivity index (χ1) is 8.82. The van der Waals surface area contributed by atoms with Gasteiger partial charge in [-0.1, -0.05) is 23.1 Å².